The van der Waals surface area contributed by atoms with Gasteiger partial charge in [0.1, 0.15) is 6.07 Å². The average molecular weight is 470 g/mol. The summed E-state index contributed by atoms with van der Waals surface area (Å²) in [6.07, 6.45) is 15.0. The fourth-order valence-corrected chi connectivity index (χ4v) is 9.31. The van der Waals surface area contributed by atoms with Crippen LogP contribution in [-0.4, -0.2) is 35.2 Å². The number of hydrogen-bond donors (Lipinski definition) is 1. The van der Waals surface area contributed by atoms with Gasteiger partial charge in [-0.15, -0.1) is 0 Å². The molecule has 4 saturated carbocycles. The third kappa shape index (κ3) is 4.82. The summed E-state index contributed by atoms with van der Waals surface area (Å²) in [5.74, 6) is 7.13. The average Bonchev–Trinajstić information content (AvgIpc) is 3.47. The zero-order valence-corrected chi connectivity index (χ0v) is 22.0. The van der Waals surface area contributed by atoms with E-state index in [4.69, 9.17) is 15.1 Å². The van der Waals surface area contributed by atoms with Gasteiger partial charge in [0.2, 0.25) is 0 Å². The van der Waals surface area contributed by atoms with Gasteiger partial charge in [0.15, 0.2) is 5.69 Å². The number of rotatable bonds is 6. The molecule has 5 rings (SSSR count). The first-order chi connectivity index (χ1) is 16.5. The lowest BCUT2D eigenvalue weighted by Crippen LogP contribution is -2.49. The van der Waals surface area contributed by atoms with E-state index in [1.807, 2.05) is 16.9 Å². The van der Waals surface area contributed by atoms with Gasteiger partial charge in [0.05, 0.1) is 0 Å². The predicted octanol–water partition coefficient (Wildman–Crippen LogP) is 5.92. The summed E-state index contributed by atoms with van der Waals surface area (Å²) in [5, 5.41) is 20.6. The molecule has 1 N–H and O–H groups in total. The van der Waals surface area contributed by atoms with Crippen molar-refractivity contribution < 1.29 is 9.84 Å². The van der Waals surface area contributed by atoms with Crippen molar-refractivity contribution in [3.05, 3.63) is 18.0 Å². The molecule has 1 heterocycles. The van der Waals surface area contributed by atoms with Crippen molar-refractivity contribution in [2.24, 2.45) is 52.8 Å². The lowest BCUT2D eigenvalue weighted by Gasteiger charge is -2.57. The van der Waals surface area contributed by atoms with Gasteiger partial charge in [0.25, 0.3) is 0 Å². The van der Waals surface area contributed by atoms with Crippen LogP contribution in [0.3, 0.4) is 0 Å². The molecule has 4 aliphatic carbocycles. The van der Waals surface area contributed by atoms with Crippen LogP contribution in [0.5, 0.6) is 0 Å². The molecule has 34 heavy (non-hydrogen) atoms. The molecule has 9 atom stereocenters. The van der Waals surface area contributed by atoms with Gasteiger partial charge in [-0.05, 0) is 124 Å². The number of aliphatic hydroxyl groups is 1. The van der Waals surface area contributed by atoms with Crippen molar-refractivity contribution in [2.75, 3.05) is 20.3 Å². The van der Waals surface area contributed by atoms with E-state index < -0.39 is 0 Å². The molecule has 4 aliphatic rings. The van der Waals surface area contributed by atoms with Crippen LogP contribution in [0.2, 0.25) is 0 Å². The summed E-state index contributed by atoms with van der Waals surface area (Å²) in [5.41, 5.74) is 1.05. The molecule has 1 aromatic rings. The fraction of sp³-hybridized carbons (Fsp3) is 0.862. The van der Waals surface area contributed by atoms with Crippen molar-refractivity contribution in [3.63, 3.8) is 0 Å². The summed E-state index contributed by atoms with van der Waals surface area (Å²) in [7, 11) is 1.00. The highest BCUT2D eigenvalue weighted by Crippen LogP contribution is 2.65. The molecule has 0 amide bonds. The molecule has 0 bridgehead atoms. The first kappa shape index (κ1) is 25.7. The summed E-state index contributed by atoms with van der Waals surface area (Å²) in [6.45, 7) is 10.0. The van der Waals surface area contributed by atoms with Crippen LogP contribution in [0.15, 0.2) is 12.3 Å². The summed E-state index contributed by atoms with van der Waals surface area (Å²) in [6, 6.07) is 4.02. The minimum absolute atomic E-state index is 0.505. The maximum absolute atomic E-state index is 9.10. The molecule has 5 nitrogen and oxygen atoms in total. The Bertz CT molecular complexity index is 832. The van der Waals surface area contributed by atoms with Crippen molar-refractivity contribution in [2.45, 2.75) is 85.1 Å². The summed E-state index contributed by atoms with van der Waals surface area (Å²) < 4.78 is 7.80. The minimum Gasteiger partial charge on any atom is -0.400 e. The van der Waals surface area contributed by atoms with Crippen LogP contribution < -0.4 is 0 Å². The quantitative estimate of drug-likeness (QED) is 0.561. The van der Waals surface area contributed by atoms with E-state index in [9.17, 15) is 0 Å². The Hall–Kier alpha value is -1.38. The molecular formula is C29H47N3O2. The highest BCUT2D eigenvalue weighted by atomic mass is 16.5. The molecule has 8 unspecified atom stereocenters. The van der Waals surface area contributed by atoms with E-state index in [2.05, 4.69) is 31.9 Å². The number of aromatic nitrogens is 2. The Balaban J connectivity index is 0.00000133. The fourth-order valence-electron chi connectivity index (χ4n) is 9.31. The maximum Gasteiger partial charge on any atom is 0.162 e. The highest BCUT2D eigenvalue weighted by Gasteiger charge is 2.57. The third-order valence-electron chi connectivity index (χ3n) is 10.6. The molecule has 0 saturated heterocycles. The number of nitriles is 1. The Kier molecular flexibility index (Phi) is 8.41. The zero-order chi connectivity index (χ0) is 24.3. The molecular weight excluding hydrogens is 422 g/mol. The Morgan fingerprint density at radius 3 is 2.68 bits per heavy atom. The van der Waals surface area contributed by atoms with Crippen molar-refractivity contribution in [3.8, 4) is 6.07 Å². The van der Waals surface area contributed by atoms with Crippen LogP contribution in [0.4, 0.5) is 0 Å². The van der Waals surface area contributed by atoms with Crippen LogP contribution in [0, 0.1) is 64.1 Å². The topological polar surface area (TPSA) is 71.1 Å². The van der Waals surface area contributed by atoms with E-state index in [0.29, 0.717) is 17.0 Å². The predicted molar refractivity (Wildman–Crippen MR) is 135 cm³/mol. The number of nitrogens with zero attached hydrogens (tertiary/aromatic N) is 3. The maximum atomic E-state index is 9.10. The number of fused-ring (bicyclic) bond motifs is 5. The summed E-state index contributed by atoms with van der Waals surface area (Å²) >= 11 is 0. The first-order valence-electron chi connectivity index (χ1n) is 14.0. The second-order valence-corrected chi connectivity index (χ2v) is 12.0. The second-order valence-electron chi connectivity index (χ2n) is 12.0. The molecule has 0 radical (unpaired) electrons. The van der Waals surface area contributed by atoms with Gasteiger partial charge in [-0.2, -0.15) is 10.4 Å². The minimum atomic E-state index is 0.505. The summed E-state index contributed by atoms with van der Waals surface area (Å²) in [4.78, 5) is 0. The van der Waals surface area contributed by atoms with Gasteiger partial charge in [0, 0.05) is 33.1 Å². The van der Waals surface area contributed by atoms with E-state index >= 15 is 0 Å². The highest BCUT2D eigenvalue weighted by molar-refractivity contribution is 5.16. The van der Waals surface area contributed by atoms with Gasteiger partial charge >= 0.3 is 0 Å². The number of ether oxygens (including phenoxy) is 1. The van der Waals surface area contributed by atoms with Gasteiger partial charge in [-0.1, -0.05) is 13.8 Å². The van der Waals surface area contributed by atoms with Crippen LogP contribution in [0.1, 0.15) is 84.3 Å². The monoisotopic (exact) mass is 469 g/mol. The van der Waals surface area contributed by atoms with E-state index in [-0.39, 0.29) is 0 Å². The molecule has 4 fully saturated rings. The van der Waals surface area contributed by atoms with Crippen molar-refractivity contribution in [1.29, 1.82) is 5.26 Å². The van der Waals surface area contributed by atoms with Gasteiger partial charge in [-0.3, -0.25) is 4.68 Å². The Labute approximate surface area is 207 Å². The largest absolute Gasteiger partial charge is 0.400 e. The van der Waals surface area contributed by atoms with Gasteiger partial charge in [-0.25, -0.2) is 0 Å². The van der Waals surface area contributed by atoms with Crippen LogP contribution in [0.25, 0.3) is 0 Å². The first-order valence-corrected chi connectivity index (χ1v) is 14.0. The standard InChI is InChI=1S/C28H43N3O.CH4O/c1-4-32-18-20-5-7-23-21(15-20)6-8-25-24(23)11-13-28(3)26(9-10-27(25)28)19(2)17-31-14-12-22(16-29)30-31;1-2/h12,14,19-21,23-27H,4-11,13,15,17-18H2,1-3H3;2H,1H3/t19-,20?,21?,23?,24?,25?,26?,27?,28?;/m1./s1. The van der Waals surface area contributed by atoms with E-state index in [0.717, 1.165) is 68.3 Å². The Morgan fingerprint density at radius 1 is 1.15 bits per heavy atom. The number of hydrogen-bond acceptors (Lipinski definition) is 4. The van der Waals surface area contributed by atoms with E-state index in [1.54, 1.807) is 0 Å². The Morgan fingerprint density at radius 2 is 1.94 bits per heavy atom. The molecule has 5 heteroatoms. The lowest BCUT2D eigenvalue weighted by molar-refractivity contribution is -0.0786. The normalized spacial score (nSPS) is 39.6. The molecule has 190 valence electrons. The zero-order valence-electron chi connectivity index (χ0n) is 22.0. The van der Waals surface area contributed by atoms with E-state index in [1.165, 1.54) is 57.8 Å². The third-order valence-corrected chi connectivity index (χ3v) is 10.6. The van der Waals surface area contributed by atoms with Gasteiger partial charge < -0.3 is 9.84 Å². The number of aliphatic hydroxyl groups excluding tert-OH is 1. The van der Waals surface area contributed by atoms with Crippen molar-refractivity contribution in [1.82, 2.24) is 9.78 Å². The second kappa shape index (κ2) is 11.1. The SMILES string of the molecule is CCOCC1CCC2C(CCC3C2CCC2(C)C3CCC2[C@H](C)Cn2ccc(C#N)n2)C1.CO. The molecule has 0 aromatic carbocycles. The smallest absolute Gasteiger partial charge is 0.162 e. The molecule has 0 spiro atoms. The van der Waals surface area contributed by atoms with Crippen LogP contribution >= 0.6 is 0 Å². The van der Waals surface area contributed by atoms with Crippen molar-refractivity contribution >= 4 is 0 Å². The molecule has 0 aliphatic heterocycles. The van der Waals surface area contributed by atoms with Crippen LogP contribution in [-0.2, 0) is 11.3 Å². The lowest BCUT2D eigenvalue weighted by atomic mass is 9.49. The molecule has 1 aromatic heterocycles.